The van der Waals surface area contributed by atoms with Crippen molar-refractivity contribution in [2.45, 2.75) is 0 Å². The molecule has 2 nitrogen and oxygen atoms in total. The Kier molecular flexibility index (Phi) is 2.26. The van der Waals surface area contributed by atoms with Gasteiger partial charge >= 0.3 is 0 Å². The molecule has 0 fully saturated rings. The number of fused-ring (bicyclic) bond motifs is 1. The smallest absolute Gasteiger partial charge is 0.115 e. The quantitative estimate of drug-likeness (QED) is 0.681. The monoisotopic (exact) mass is 221 g/mol. The molecule has 0 amide bonds. The summed E-state index contributed by atoms with van der Waals surface area (Å²) >= 11 is 0. The van der Waals surface area contributed by atoms with E-state index in [1.807, 2.05) is 42.6 Å². The highest BCUT2D eigenvalue weighted by molar-refractivity contribution is 5.94. The average molecular weight is 221 g/mol. The van der Waals surface area contributed by atoms with Crippen LogP contribution in [-0.4, -0.2) is 10.1 Å². The number of nitrogens with zero attached hydrogens (tertiary/aromatic N) is 1. The lowest BCUT2D eigenvalue weighted by molar-refractivity contribution is 0.475. The standard InChI is InChI=1S/C15H11NO/c17-12-7-5-11(6-8-12)13-9-10-16-15-4-2-1-3-14(13)15/h1-10,17H. The third kappa shape index (κ3) is 1.74. The Morgan fingerprint density at radius 3 is 2.41 bits per heavy atom. The molecule has 0 aliphatic carbocycles. The first-order valence-corrected chi connectivity index (χ1v) is 5.48. The molecule has 1 N–H and O–H groups in total. The highest BCUT2D eigenvalue weighted by Crippen LogP contribution is 2.28. The summed E-state index contributed by atoms with van der Waals surface area (Å²) in [5.41, 5.74) is 3.20. The number of benzene rings is 2. The van der Waals surface area contributed by atoms with Gasteiger partial charge in [-0.25, -0.2) is 0 Å². The summed E-state index contributed by atoms with van der Waals surface area (Å²) in [4.78, 5) is 4.34. The molecule has 1 aromatic heterocycles. The van der Waals surface area contributed by atoms with Crippen LogP contribution in [-0.2, 0) is 0 Å². The van der Waals surface area contributed by atoms with E-state index in [1.54, 1.807) is 12.1 Å². The minimum absolute atomic E-state index is 0.284. The molecule has 0 spiro atoms. The topological polar surface area (TPSA) is 33.1 Å². The van der Waals surface area contributed by atoms with E-state index >= 15 is 0 Å². The number of phenolic OH excluding ortho intramolecular Hbond substituents is 1. The van der Waals surface area contributed by atoms with Gasteiger partial charge in [0.05, 0.1) is 5.52 Å². The van der Waals surface area contributed by atoms with Gasteiger partial charge in [-0.05, 0) is 35.4 Å². The van der Waals surface area contributed by atoms with Crippen LogP contribution in [0.1, 0.15) is 0 Å². The number of hydrogen-bond acceptors (Lipinski definition) is 2. The van der Waals surface area contributed by atoms with Crippen LogP contribution in [0.25, 0.3) is 22.0 Å². The van der Waals surface area contributed by atoms with Gasteiger partial charge in [-0.1, -0.05) is 30.3 Å². The molecular weight excluding hydrogens is 210 g/mol. The fourth-order valence-corrected chi connectivity index (χ4v) is 1.99. The zero-order chi connectivity index (χ0) is 11.7. The summed E-state index contributed by atoms with van der Waals surface area (Å²) < 4.78 is 0. The number of pyridine rings is 1. The van der Waals surface area contributed by atoms with Gasteiger partial charge in [0.1, 0.15) is 5.75 Å². The molecular formula is C15H11NO. The molecule has 3 aromatic rings. The second kappa shape index (κ2) is 3.91. The fourth-order valence-electron chi connectivity index (χ4n) is 1.99. The van der Waals surface area contributed by atoms with Crippen molar-refractivity contribution in [3.8, 4) is 16.9 Å². The Hall–Kier alpha value is -2.35. The number of phenols is 1. The van der Waals surface area contributed by atoms with Crippen LogP contribution in [0.5, 0.6) is 5.75 Å². The van der Waals surface area contributed by atoms with Crippen molar-refractivity contribution in [1.82, 2.24) is 4.98 Å². The lowest BCUT2D eigenvalue weighted by atomic mass is 10.0. The Balaban J connectivity index is 2.27. The van der Waals surface area contributed by atoms with Gasteiger partial charge in [-0.2, -0.15) is 0 Å². The number of para-hydroxylation sites is 1. The van der Waals surface area contributed by atoms with Crippen LogP contribution in [0.3, 0.4) is 0 Å². The lowest BCUT2D eigenvalue weighted by Gasteiger charge is -2.06. The summed E-state index contributed by atoms with van der Waals surface area (Å²) in [6, 6.07) is 17.3. The van der Waals surface area contributed by atoms with E-state index in [4.69, 9.17) is 0 Å². The van der Waals surface area contributed by atoms with Crippen molar-refractivity contribution in [3.63, 3.8) is 0 Å². The number of aromatic nitrogens is 1. The maximum absolute atomic E-state index is 9.30. The van der Waals surface area contributed by atoms with Gasteiger partial charge in [0.15, 0.2) is 0 Å². The average Bonchev–Trinajstić information content (AvgIpc) is 2.39. The Morgan fingerprint density at radius 1 is 0.824 bits per heavy atom. The van der Waals surface area contributed by atoms with Crippen molar-refractivity contribution in [1.29, 1.82) is 0 Å². The zero-order valence-corrected chi connectivity index (χ0v) is 9.17. The molecule has 0 atom stereocenters. The molecule has 0 aliphatic rings. The highest BCUT2D eigenvalue weighted by Gasteiger charge is 2.03. The molecule has 82 valence electrons. The first kappa shape index (κ1) is 9.85. The van der Waals surface area contributed by atoms with Crippen molar-refractivity contribution in [2.24, 2.45) is 0 Å². The predicted octanol–water partition coefficient (Wildman–Crippen LogP) is 3.61. The van der Waals surface area contributed by atoms with Crippen LogP contribution in [0.4, 0.5) is 0 Å². The molecule has 1 heterocycles. The summed E-state index contributed by atoms with van der Waals surface area (Å²) in [6.07, 6.45) is 1.81. The van der Waals surface area contributed by atoms with Crippen LogP contribution in [0.2, 0.25) is 0 Å². The summed E-state index contributed by atoms with van der Waals surface area (Å²) in [5.74, 6) is 0.284. The van der Waals surface area contributed by atoms with Crippen LogP contribution in [0.15, 0.2) is 60.8 Å². The highest BCUT2D eigenvalue weighted by atomic mass is 16.3. The fraction of sp³-hybridized carbons (Fsp3) is 0. The van der Waals surface area contributed by atoms with Crippen LogP contribution in [0, 0.1) is 0 Å². The number of aromatic hydroxyl groups is 1. The minimum Gasteiger partial charge on any atom is -0.508 e. The van der Waals surface area contributed by atoms with Crippen molar-refractivity contribution in [2.75, 3.05) is 0 Å². The van der Waals surface area contributed by atoms with Gasteiger partial charge in [0.2, 0.25) is 0 Å². The van der Waals surface area contributed by atoms with Crippen LogP contribution >= 0.6 is 0 Å². The largest absolute Gasteiger partial charge is 0.508 e. The first-order chi connectivity index (χ1) is 8.34. The molecule has 0 radical (unpaired) electrons. The Morgan fingerprint density at radius 2 is 1.59 bits per heavy atom. The van der Waals surface area contributed by atoms with E-state index in [1.165, 1.54) is 0 Å². The predicted molar refractivity (Wildman–Crippen MR) is 68.8 cm³/mol. The summed E-state index contributed by atoms with van der Waals surface area (Å²) in [6.45, 7) is 0. The maximum Gasteiger partial charge on any atom is 0.115 e. The number of hydrogen-bond donors (Lipinski definition) is 1. The number of rotatable bonds is 1. The molecule has 17 heavy (non-hydrogen) atoms. The van der Waals surface area contributed by atoms with E-state index < -0.39 is 0 Å². The minimum atomic E-state index is 0.284. The third-order valence-electron chi connectivity index (χ3n) is 2.83. The van der Waals surface area contributed by atoms with Crippen molar-refractivity contribution >= 4 is 10.9 Å². The van der Waals surface area contributed by atoms with E-state index in [9.17, 15) is 5.11 Å². The Bertz CT molecular complexity index is 654. The van der Waals surface area contributed by atoms with E-state index in [0.29, 0.717) is 0 Å². The van der Waals surface area contributed by atoms with Crippen LogP contribution < -0.4 is 0 Å². The molecule has 0 aliphatic heterocycles. The van der Waals surface area contributed by atoms with E-state index in [-0.39, 0.29) is 5.75 Å². The molecule has 0 saturated carbocycles. The third-order valence-corrected chi connectivity index (χ3v) is 2.83. The Labute approximate surface area is 99.2 Å². The van der Waals surface area contributed by atoms with Gasteiger partial charge in [0, 0.05) is 11.6 Å². The van der Waals surface area contributed by atoms with E-state index in [0.717, 1.165) is 22.0 Å². The van der Waals surface area contributed by atoms with Crippen molar-refractivity contribution < 1.29 is 5.11 Å². The second-order valence-corrected chi connectivity index (χ2v) is 3.92. The normalized spacial score (nSPS) is 10.6. The molecule has 2 heteroatoms. The first-order valence-electron chi connectivity index (χ1n) is 5.48. The molecule has 0 saturated heterocycles. The molecule has 2 aromatic carbocycles. The zero-order valence-electron chi connectivity index (χ0n) is 9.17. The molecule has 0 bridgehead atoms. The van der Waals surface area contributed by atoms with Crippen molar-refractivity contribution in [3.05, 3.63) is 60.8 Å². The summed E-state index contributed by atoms with van der Waals surface area (Å²) in [5, 5.41) is 10.4. The van der Waals surface area contributed by atoms with Gasteiger partial charge in [-0.3, -0.25) is 4.98 Å². The van der Waals surface area contributed by atoms with Gasteiger partial charge < -0.3 is 5.11 Å². The van der Waals surface area contributed by atoms with Gasteiger partial charge in [0.25, 0.3) is 0 Å². The molecule has 0 unspecified atom stereocenters. The maximum atomic E-state index is 9.30. The molecule has 3 rings (SSSR count). The summed E-state index contributed by atoms with van der Waals surface area (Å²) in [7, 11) is 0. The lowest BCUT2D eigenvalue weighted by Crippen LogP contribution is -1.83. The van der Waals surface area contributed by atoms with E-state index in [2.05, 4.69) is 11.1 Å². The van der Waals surface area contributed by atoms with Gasteiger partial charge in [-0.15, -0.1) is 0 Å². The SMILES string of the molecule is Oc1ccc(-c2ccnc3ccccc23)cc1. The second-order valence-electron chi connectivity index (χ2n) is 3.92.